The Hall–Kier alpha value is -1.50. The lowest BCUT2D eigenvalue weighted by atomic mass is 9.95. The minimum atomic E-state index is -4.45. The van der Waals surface area contributed by atoms with Crippen molar-refractivity contribution in [3.05, 3.63) is 33.8 Å². The van der Waals surface area contributed by atoms with Crippen molar-refractivity contribution >= 4 is 21.7 Å². The molecule has 7 heteroatoms. The van der Waals surface area contributed by atoms with Gasteiger partial charge in [-0.3, -0.25) is 5.10 Å². The summed E-state index contributed by atoms with van der Waals surface area (Å²) in [6, 6.07) is 4.02. The largest absolute Gasteiger partial charge is 0.417 e. The first kappa shape index (κ1) is 14.9. The molecule has 2 rings (SSSR count). The molecular weight excluding hydrogens is 335 g/mol. The monoisotopic (exact) mass is 347 g/mol. The molecule has 0 spiro atoms. The zero-order chi connectivity index (χ0) is 15.1. The summed E-state index contributed by atoms with van der Waals surface area (Å²) < 4.78 is 39.9. The maximum Gasteiger partial charge on any atom is 0.417 e. The third kappa shape index (κ3) is 2.67. The number of hydrogen-bond donors (Lipinski definition) is 2. The third-order valence-electron chi connectivity index (χ3n) is 2.97. The molecule has 3 nitrogen and oxygen atoms in total. The van der Waals surface area contributed by atoms with Crippen molar-refractivity contribution in [3.8, 4) is 11.3 Å². The van der Waals surface area contributed by atoms with Crippen LogP contribution in [0, 0.1) is 0 Å². The lowest BCUT2D eigenvalue weighted by molar-refractivity contribution is -0.137. The lowest BCUT2D eigenvalue weighted by Crippen LogP contribution is -2.08. The maximum absolute atomic E-state index is 13.2. The number of aromatic amines is 1. The number of hydrogen-bond acceptors (Lipinski definition) is 2. The second kappa shape index (κ2) is 5.12. The van der Waals surface area contributed by atoms with Crippen LogP contribution in [-0.4, -0.2) is 10.2 Å². The number of aromatic nitrogens is 2. The van der Waals surface area contributed by atoms with Crippen LogP contribution in [0.25, 0.3) is 11.3 Å². The van der Waals surface area contributed by atoms with Crippen LogP contribution >= 0.6 is 15.9 Å². The minimum Gasteiger partial charge on any atom is -0.382 e. The molecule has 20 heavy (non-hydrogen) atoms. The average molecular weight is 348 g/mol. The molecule has 108 valence electrons. The Labute approximate surface area is 122 Å². The molecule has 1 aromatic carbocycles. The molecule has 1 aromatic heterocycles. The van der Waals surface area contributed by atoms with Gasteiger partial charge in [0.15, 0.2) is 0 Å². The highest BCUT2D eigenvalue weighted by Crippen LogP contribution is 2.41. The van der Waals surface area contributed by atoms with Gasteiger partial charge < -0.3 is 5.73 Å². The molecule has 3 N–H and O–H groups in total. The molecule has 0 unspecified atom stereocenters. The highest BCUT2D eigenvalue weighted by molar-refractivity contribution is 9.10. The van der Waals surface area contributed by atoms with Crippen LogP contribution in [0.5, 0.6) is 0 Å². The molecule has 0 aliphatic heterocycles. The Morgan fingerprint density at radius 1 is 1.30 bits per heavy atom. The van der Waals surface area contributed by atoms with Gasteiger partial charge in [-0.1, -0.05) is 35.8 Å². The van der Waals surface area contributed by atoms with Gasteiger partial charge in [-0.15, -0.1) is 0 Å². The van der Waals surface area contributed by atoms with Crippen LogP contribution in [0.4, 0.5) is 19.0 Å². The van der Waals surface area contributed by atoms with E-state index in [2.05, 4.69) is 26.1 Å². The molecule has 0 saturated carbocycles. The van der Waals surface area contributed by atoms with E-state index in [4.69, 9.17) is 5.73 Å². The summed E-state index contributed by atoms with van der Waals surface area (Å²) in [6.45, 7) is 3.72. The fourth-order valence-electron chi connectivity index (χ4n) is 2.12. The third-order valence-corrected chi connectivity index (χ3v) is 3.46. The number of nitrogens with one attached hydrogen (secondary N) is 1. The number of nitrogen functional groups attached to an aromatic ring is 1. The molecule has 1 heterocycles. The Morgan fingerprint density at radius 3 is 2.50 bits per heavy atom. The maximum atomic E-state index is 13.2. The van der Waals surface area contributed by atoms with Gasteiger partial charge in [-0.25, -0.2) is 0 Å². The van der Waals surface area contributed by atoms with Crippen LogP contribution < -0.4 is 5.73 Å². The van der Waals surface area contributed by atoms with Gasteiger partial charge in [0, 0.05) is 15.6 Å². The number of nitrogens with zero attached hydrogens (tertiary/aromatic N) is 1. The van der Waals surface area contributed by atoms with Crippen LogP contribution in [0.15, 0.2) is 22.7 Å². The molecule has 0 aliphatic carbocycles. The van der Waals surface area contributed by atoms with E-state index >= 15 is 0 Å². The van der Waals surface area contributed by atoms with Crippen molar-refractivity contribution in [2.75, 3.05) is 5.73 Å². The van der Waals surface area contributed by atoms with Gasteiger partial charge in [-0.2, -0.15) is 18.3 Å². The van der Waals surface area contributed by atoms with Crippen LogP contribution in [0.1, 0.15) is 30.9 Å². The van der Waals surface area contributed by atoms with Gasteiger partial charge in [-0.05, 0) is 18.1 Å². The summed E-state index contributed by atoms with van der Waals surface area (Å²) in [5.41, 5.74) is 5.97. The predicted molar refractivity (Wildman–Crippen MR) is 75.2 cm³/mol. The van der Waals surface area contributed by atoms with E-state index in [-0.39, 0.29) is 17.3 Å². The van der Waals surface area contributed by atoms with Crippen molar-refractivity contribution < 1.29 is 13.2 Å². The van der Waals surface area contributed by atoms with Crippen molar-refractivity contribution in [2.24, 2.45) is 0 Å². The summed E-state index contributed by atoms with van der Waals surface area (Å²) in [5.74, 6) is 0.194. The van der Waals surface area contributed by atoms with E-state index in [0.717, 1.165) is 6.07 Å². The predicted octanol–water partition coefficient (Wildman–Crippen LogP) is 4.56. The van der Waals surface area contributed by atoms with Crippen molar-refractivity contribution in [2.45, 2.75) is 25.9 Å². The van der Waals surface area contributed by atoms with Crippen LogP contribution in [-0.2, 0) is 6.18 Å². The number of H-pyrrole nitrogens is 1. The zero-order valence-electron chi connectivity index (χ0n) is 10.8. The topological polar surface area (TPSA) is 54.7 Å². The fraction of sp³-hybridized carbons (Fsp3) is 0.308. The first-order valence-electron chi connectivity index (χ1n) is 5.92. The highest BCUT2D eigenvalue weighted by Gasteiger charge is 2.35. The molecular formula is C13H13BrF3N3. The summed E-state index contributed by atoms with van der Waals surface area (Å²) in [4.78, 5) is 0. The van der Waals surface area contributed by atoms with E-state index in [9.17, 15) is 13.2 Å². The zero-order valence-corrected chi connectivity index (χ0v) is 12.4. The number of rotatable bonds is 2. The van der Waals surface area contributed by atoms with E-state index in [0.29, 0.717) is 15.7 Å². The lowest BCUT2D eigenvalue weighted by Gasteiger charge is -2.14. The molecule has 0 bridgehead atoms. The highest BCUT2D eigenvalue weighted by atomic mass is 79.9. The van der Waals surface area contributed by atoms with E-state index in [1.807, 2.05) is 13.8 Å². The van der Waals surface area contributed by atoms with Gasteiger partial charge in [0.1, 0.15) is 5.82 Å². The molecule has 2 aromatic rings. The van der Waals surface area contributed by atoms with Crippen molar-refractivity contribution in [1.29, 1.82) is 0 Å². The standard InChI is InChI=1S/C13H13BrF3N3/c1-6(2)10-11(19-20-12(10)18)8-4-3-7(14)5-9(8)13(15,16)17/h3-6H,1-2H3,(H3,18,19,20). The van der Waals surface area contributed by atoms with E-state index in [1.54, 1.807) is 6.07 Å². The summed E-state index contributed by atoms with van der Waals surface area (Å²) >= 11 is 3.06. The second-order valence-corrected chi connectivity index (χ2v) is 5.66. The molecule has 0 atom stereocenters. The van der Waals surface area contributed by atoms with Crippen molar-refractivity contribution in [1.82, 2.24) is 10.2 Å². The number of benzene rings is 1. The van der Waals surface area contributed by atoms with E-state index in [1.165, 1.54) is 6.07 Å². The number of anilines is 1. The molecule has 0 saturated heterocycles. The molecule has 0 radical (unpaired) electrons. The minimum absolute atomic E-state index is 0.0338. The normalized spacial score (nSPS) is 12.2. The van der Waals surface area contributed by atoms with Crippen LogP contribution in [0.2, 0.25) is 0 Å². The number of halogens is 4. The Bertz CT molecular complexity index is 632. The van der Waals surface area contributed by atoms with Gasteiger partial charge in [0.2, 0.25) is 0 Å². The first-order chi connectivity index (χ1) is 9.21. The van der Waals surface area contributed by atoms with Gasteiger partial charge >= 0.3 is 6.18 Å². The average Bonchev–Trinajstić information content (AvgIpc) is 2.70. The van der Waals surface area contributed by atoms with Crippen LogP contribution in [0.3, 0.4) is 0 Å². The Kier molecular flexibility index (Phi) is 3.82. The van der Waals surface area contributed by atoms with Gasteiger partial charge in [0.25, 0.3) is 0 Å². The number of nitrogens with two attached hydrogens (primary N) is 1. The SMILES string of the molecule is CC(C)c1c(N)n[nH]c1-c1ccc(Br)cc1C(F)(F)F. The fourth-order valence-corrected chi connectivity index (χ4v) is 2.48. The summed E-state index contributed by atoms with van der Waals surface area (Å²) in [5, 5.41) is 6.45. The van der Waals surface area contributed by atoms with Gasteiger partial charge in [0.05, 0.1) is 11.3 Å². The first-order valence-corrected chi connectivity index (χ1v) is 6.72. The smallest absolute Gasteiger partial charge is 0.382 e. The Morgan fingerprint density at radius 2 is 1.95 bits per heavy atom. The van der Waals surface area contributed by atoms with Crippen molar-refractivity contribution in [3.63, 3.8) is 0 Å². The van der Waals surface area contributed by atoms with E-state index < -0.39 is 11.7 Å². The molecule has 0 fully saturated rings. The molecule has 0 aliphatic rings. The Balaban J connectivity index is 2.71. The number of alkyl halides is 3. The second-order valence-electron chi connectivity index (χ2n) is 4.74. The quantitative estimate of drug-likeness (QED) is 0.836. The summed E-state index contributed by atoms with van der Waals surface area (Å²) in [6.07, 6.45) is -4.45. The molecule has 0 amide bonds. The summed E-state index contributed by atoms with van der Waals surface area (Å²) in [7, 11) is 0.